The van der Waals surface area contributed by atoms with Crippen LogP contribution in [0.25, 0.3) is 10.4 Å². The molecule has 0 aromatic carbocycles. The standard InChI is InChI=1S/C18H21N3O6S/c1-26-16(23)7-5-14(22)19-9-11-4-6-15(27-11)21-10-12(13-3-2-8-28-13)17(24)20-18(21)25/h2-3,8,10-11,15H,4-7,9H2,1H3,(H,19,22)(H,20,24,25)/t11-,15+/m0/s1. The Morgan fingerprint density at radius 2 is 2.18 bits per heavy atom. The lowest BCUT2D eigenvalue weighted by Gasteiger charge is -2.17. The van der Waals surface area contributed by atoms with Crippen LogP contribution in [0.3, 0.4) is 0 Å². The van der Waals surface area contributed by atoms with E-state index in [9.17, 15) is 19.2 Å². The summed E-state index contributed by atoms with van der Waals surface area (Å²) in [6, 6.07) is 3.64. The van der Waals surface area contributed by atoms with Crippen LogP contribution in [-0.4, -0.2) is 41.2 Å². The molecule has 3 rings (SSSR count). The van der Waals surface area contributed by atoms with Crippen molar-refractivity contribution >= 4 is 23.2 Å². The van der Waals surface area contributed by atoms with Crippen LogP contribution in [0.2, 0.25) is 0 Å². The van der Waals surface area contributed by atoms with Crippen LogP contribution < -0.4 is 16.6 Å². The summed E-state index contributed by atoms with van der Waals surface area (Å²) in [4.78, 5) is 50.2. The molecule has 9 nitrogen and oxygen atoms in total. The lowest BCUT2D eigenvalue weighted by atomic mass is 10.2. The molecule has 1 amide bonds. The van der Waals surface area contributed by atoms with E-state index in [1.54, 1.807) is 0 Å². The predicted molar refractivity (Wildman–Crippen MR) is 102 cm³/mol. The van der Waals surface area contributed by atoms with E-state index in [4.69, 9.17) is 4.74 Å². The first-order valence-electron chi connectivity index (χ1n) is 8.86. The van der Waals surface area contributed by atoms with Gasteiger partial charge < -0.3 is 14.8 Å². The molecule has 2 aromatic rings. The number of rotatable bonds is 7. The van der Waals surface area contributed by atoms with Gasteiger partial charge in [-0.15, -0.1) is 11.3 Å². The number of aromatic nitrogens is 2. The average molecular weight is 407 g/mol. The Morgan fingerprint density at radius 1 is 1.36 bits per heavy atom. The molecule has 1 fully saturated rings. The summed E-state index contributed by atoms with van der Waals surface area (Å²) < 4.78 is 11.8. The highest BCUT2D eigenvalue weighted by Crippen LogP contribution is 2.28. The van der Waals surface area contributed by atoms with Crippen molar-refractivity contribution in [3.8, 4) is 10.4 Å². The molecule has 0 aliphatic carbocycles. The molecule has 2 aromatic heterocycles. The molecule has 1 aliphatic heterocycles. The molecule has 1 aliphatic rings. The molecule has 0 saturated carbocycles. The SMILES string of the molecule is COC(=O)CCC(=O)NC[C@@H]1CC[C@H](n2cc(-c3cccs3)c(=O)[nH]c2=O)O1. The monoisotopic (exact) mass is 407 g/mol. The predicted octanol–water partition coefficient (Wildman–Crippen LogP) is 1.01. The summed E-state index contributed by atoms with van der Waals surface area (Å²) in [5.41, 5.74) is -0.549. The van der Waals surface area contributed by atoms with Gasteiger partial charge >= 0.3 is 11.7 Å². The van der Waals surface area contributed by atoms with E-state index in [-0.39, 0.29) is 31.4 Å². The first-order valence-corrected chi connectivity index (χ1v) is 9.74. The Bertz CT molecular complexity index is 949. The van der Waals surface area contributed by atoms with Crippen LogP contribution in [-0.2, 0) is 19.1 Å². The minimum absolute atomic E-state index is 0.0226. The third-order valence-corrected chi connectivity index (χ3v) is 5.36. The molecule has 0 radical (unpaired) electrons. The number of H-pyrrole nitrogens is 1. The molecular weight excluding hydrogens is 386 g/mol. The van der Waals surface area contributed by atoms with E-state index in [1.165, 1.54) is 29.2 Å². The zero-order chi connectivity index (χ0) is 20.1. The summed E-state index contributed by atoms with van der Waals surface area (Å²) >= 11 is 1.41. The first-order chi connectivity index (χ1) is 13.5. The fourth-order valence-corrected chi connectivity index (χ4v) is 3.72. The molecule has 1 saturated heterocycles. The van der Waals surface area contributed by atoms with Crippen LogP contribution in [0.4, 0.5) is 0 Å². The van der Waals surface area contributed by atoms with Crippen molar-refractivity contribution in [3.63, 3.8) is 0 Å². The molecule has 2 N–H and O–H groups in total. The molecule has 2 atom stereocenters. The van der Waals surface area contributed by atoms with Crippen molar-refractivity contribution in [1.82, 2.24) is 14.9 Å². The second kappa shape index (κ2) is 8.98. The highest BCUT2D eigenvalue weighted by atomic mass is 32.1. The third kappa shape index (κ3) is 4.76. The number of carbonyl (C=O) groups is 2. The van der Waals surface area contributed by atoms with Gasteiger partial charge in [-0.25, -0.2) is 4.79 Å². The summed E-state index contributed by atoms with van der Waals surface area (Å²) in [6.07, 6.45) is 2.06. The van der Waals surface area contributed by atoms with E-state index < -0.39 is 23.4 Å². The molecule has 150 valence electrons. The van der Waals surface area contributed by atoms with Crippen molar-refractivity contribution in [3.05, 3.63) is 44.5 Å². The Kier molecular flexibility index (Phi) is 6.42. The van der Waals surface area contributed by atoms with Crippen LogP contribution in [0.15, 0.2) is 33.3 Å². The van der Waals surface area contributed by atoms with Gasteiger partial charge in [-0.3, -0.25) is 23.9 Å². The van der Waals surface area contributed by atoms with E-state index >= 15 is 0 Å². The van der Waals surface area contributed by atoms with E-state index in [2.05, 4.69) is 15.0 Å². The summed E-state index contributed by atoms with van der Waals surface area (Å²) in [7, 11) is 1.27. The molecule has 0 spiro atoms. The van der Waals surface area contributed by atoms with Crippen molar-refractivity contribution in [1.29, 1.82) is 0 Å². The largest absolute Gasteiger partial charge is 0.469 e. The summed E-state index contributed by atoms with van der Waals surface area (Å²) in [5, 5.41) is 4.57. The topological polar surface area (TPSA) is 119 Å². The minimum Gasteiger partial charge on any atom is -0.469 e. The molecular formula is C18H21N3O6S. The van der Waals surface area contributed by atoms with Crippen LogP contribution >= 0.6 is 11.3 Å². The number of hydrogen-bond donors (Lipinski definition) is 2. The van der Waals surface area contributed by atoms with Gasteiger partial charge in [0.1, 0.15) is 6.23 Å². The van der Waals surface area contributed by atoms with Crippen molar-refractivity contribution in [2.75, 3.05) is 13.7 Å². The van der Waals surface area contributed by atoms with Gasteiger partial charge in [-0.05, 0) is 24.3 Å². The highest BCUT2D eigenvalue weighted by Gasteiger charge is 2.28. The number of carbonyl (C=O) groups excluding carboxylic acids is 2. The van der Waals surface area contributed by atoms with Gasteiger partial charge in [-0.2, -0.15) is 0 Å². The maximum Gasteiger partial charge on any atom is 0.330 e. The first kappa shape index (κ1) is 20.0. The zero-order valence-corrected chi connectivity index (χ0v) is 16.1. The Balaban J connectivity index is 1.60. The number of ether oxygens (including phenoxy) is 2. The Hall–Kier alpha value is -2.72. The number of thiophene rings is 1. The normalized spacial score (nSPS) is 18.8. The molecule has 28 heavy (non-hydrogen) atoms. The van der Waals surface area contributed by atoms with Crippen molar-refractivity contribution < 1.29 is 19.1 Å². The number of nitrogens with zero attached hydrogens (tertiary/aromatic N) is 1. The average Bonchev–Trinajstić information content (AvgIpc) is 3.36. The van der Waals surface area contributed by atoms with E-state index in [1.807, 2.05) is 17.5 Å². The van der Waals surface area contributed by atoms with Gasteiger partial charge in [0.2, 0.25) is 5.91 Å². The molecule has 0 unspecified atom stereocenters. The fourth-order valence-electron chi connectivity index (χ4n) is 2.98. The van der Waals surface area contributed by atoms with Crippen LogP contribution in [0, 0.1) is 0 Å². The fraction of sp³-hybridized carbons (Fsp3) is 0.444. The number of aromatic amines is 1. The minimum atomic E-state index is -0.530. The van der Waals surface area contributed by atoms with Crippen molar-refractivity contribution in [2.45, 2.75) is 38.0 Å². The second-order valence-electron chi connectivity index (χ2n) is 6.36. The van der Waals surface area contributed by atoms with Gasteiger partial charge in [0.05, 0.1) is 25.2 Å². The Labute approximate surface area is 164 Å². The van der Waals surface area contributed by atoms with Crippen LogP contribution in [0.5, 0.6) is 0 Å². The quantitative estimate of drug-likeness (QED) is 0.661. The van der Waals surface area contributed by atoms with Gasteiger partial charge in [-0.1, -0.05) is 6.07 Å². The summed E-state index contributed by atoms with van der Waals surface area (Å²) in [6.45, 7) is 0.284. The van der Waals surface area contributed by atoms with E-state index in [0.29, 0.717) is 18.4 Å². The maximum absolute atomic E-state index is 12.2. The maximum atomic E-state index is 12.2. The smallest absolute Gasteiger partial charge is 0.330 e. The lowest BCUT2D eigenvalue weighted by molar-refractivity contribution is -0.142. The summed E-state index contributed by atoms with van der Waals surface area (Å²) in [5.74, 6) is -0.704. The molecule has 10 heteroatoms. The number of nitrogens with one attached hydrogen (secondary N) is 2. The molecule has 0 bridgehead atoms. The number of methoxy groups -OCH3 is 1. The van der Waals surface area contributed by atoms with Crippen LogP contribution in [0.1, 0.15) is 31.9 Å². The number of hydrogen-bond acceptors (Lipinski definition) is 7. The lowest BCUT2D eigenvalue weighted by Crippen LogP contribution is -2.35. The zero-order valence-electron chi connectivity index (χ0n) is 15.3. The molecule has 3 heterocycles. The third-order valence-electron chi connectivity index (χ3n) is 4.46. The second-order valence-corrected chi connectivity index (χ2v) is 7.30. The van der Waals surface area contributed by atoms with Crippen molar-refractivity contribution in [2.24, 2.45) is 0 Å². The van der Waals surface area contributed by atoms with Gasteiger partial charge in [0, 0.05) is 24.0 Å². The van der Waals surface area contributed by atoms with Gasteiger partial charge in [0.15, 0.2) is 0 Å². The van der Waals surface area contributed by atoms with E-state index in [0.717, 1.165) is 4.88 Å². The number of esters is 1. The Morgan fingerprint density at radius 3 is 2.89 bits per heavy atom. The van der Waals surface area contributed by atoms with Gasteiger partial charge in [0.25, 0.3) is 5.56 Å². The highest BCUT2D eigenvalue weighted by molar-refractivity contribution is 7.13. The number of amides is 1.